The number of hydrogen-bond acceptors (Lipinski definition) is 7. The number of primary amides is 1. The topological polar surface area (TPSA) is 144 Å². The number of anilines is 1. The van der Waals surface area contributed by atoms with Crippen molar-refractivity contribution in [2.24, 2.45) is 5.73 Å². The molecule has 10 nitrogen and oxygen atoms in total. The van der Waals surface area contributed by atoms with Gasteiger partial charge in [0.1, 0.15) is 12.1 Å². The van der Waals surface area contributed by atoms with Crippen molar-refractivity contribution >= 4 is 40.3 Å². The molecule has 11 heteroatoms. The van der Waals surface area contributed by atoms with Gasteiger partial charge in [0.15, 0.2) is 5.13 Å². The van der Waals surface area contributed by atoms with Gasteiger partial charge in [-0.05, 0) is 30.5 Å². The Morgan fingerprint density at radius 1 is 1.05 bits per heavy atom. The van der Waals surface area contributed by atoms with Gasteiger partial charge >= 0.3 is 6.09 Å². The lowest BCUT2D eigenvalue weighted by atomic mass is 10.1. The Kier molecular flexibility index (Phi) is 7.36. The second kappa shape index (κ2) is 11.0. The third kappa shape index (κ3) is 6.17. The summed E-state index contributed by atoms with van der Waals surface area (Å²) in [6, 6.07) is 15.5. The first kappa shape index (κ1) is 25.4. The number of nitrogens with zero attached hydrogens (tertiary/aromatic N) is 2. The fourth-order valence-electron chi connectivity index (χ4n) is 4.26. The number of nitrogens with one attached hydrogen (secondary N) is 2. The van der Waals surface area contributed by atoms with E-state index in [0.717, 1.165) is 18.4 Å². The molecular weight excluding hydrogens is 506 g/mol. The van der Waals surface area contributed by atoms with Crippen molar-refractivity contribution in [2.45, 2.75) is 37.5 Å². The van der Waals surface area contributed by atoms with Crippen LogP contribution < -0.4 is 16.4 Å². The highest BCUT2D eigenvalue weighted by molar-refractivity contribution is 7.14. The van der Waals surface area contributed by atoms with E-state index in [4.69, 9.17) is 10.5 Å². The summed E-state index contributed by atoms with van der Waals surface area (Å²) in [5, 5.41) is 7.90. The van der Waals surface area contributed by atoms with Gasteiger partial charge in [-0.2, -0.15) is 0 Å². The van der Waals surface area contributed by atoms with Crippen molar-refractivity contribution in [1.29, 1.82) is 0 Å². The van der Waals surface area contributed by atoms with Crippen LogP contribution in [0.25, 0.3) is 11.3 Å². The maximum atomic E-state index is 13.2. The number of rotatable bonds is 8. The highest BCUT2D eigenvalue weighted by atomic mass is 32.1. The van der Waals surface area contributed by atoms with Gasteiger partial charge in [-0.1, -0.05) is 42.5 Å². The van der Waals surface area contributed by atoms with Crippen LogP contribution in [-0.2, 0) is 14.3 Å². The van der Waals surface area contributed by atoms with Crippen LogP contribution in [0, 0.1) is 6.42 Å². The van der Waals surface area contributed by atoms with E-state index in [-0.39, 0.29) is 30.8 Å². The summed E-state index contributed by atoms with van der Waals surface area (Å²) in [4.78, 5) is 55.6. The SMILES string of the molecule is NC(=O)O[C@H]1C[C@H](C(=O)Nc2nc(-c3ccc(C(=O)NC4CC4)cc3)cs2)N(C(=O)[CH]c2ccccc2)C1. The normalized spacial score (nSPS) is 18.6. The van der Waals surface area contributed by atoms with E-state index in [1.165, 1.54) is 22.7 Å². The van der Waals surface area contributed by atoms with Crippen LogP contribution in [0.1, 0.15) is 35.2 Å². The molecule has 2 atom stereocenters. The zero-order valence-electron chi connectivity index (χ0n) is 20.3. The Hall–Kier alpha value is -4.25. The van der Waals surface area contributed by atoms with E-state index < -0.39 is 24.1 Å². The molecule has 2 heterocycles. The van der Waals surface area contributed by atoms with Crippen molar-refractivity contribution in [1.82, 2.24) is 15.2 Å². The smallest absolute Gasteiger partial charge is 0.404 e. The zero-order chi connectivity index (χ0) is 26.6. The lowest BCUT2D eigenvalue weighted by Gasteiger charge is -2.23. The minimum absolute atomic E-state index is 0.0486. The molecule has 38 heavy (non-hydrogen) atoms. The number of ether oxygens (including phenoxy) is 1. The number of aromatic nitrogens is 1. The number of thiazole rings is 1. The molecule has 2 aromatic carbocycles. The Morgan fingerprint density at radius 2 is 1.79 bits per heavy atom. The van der Waals surface area contributed by atoms with E-state index in [0.29, 0.717) is 22.0 Å². The van der Waals surface area contributed by atoms with Gasteiger partial charge in [0, 0.05) is 29.0 Å². The van der Waals surface area contributed by atoms with Crippen molar-refractivity contribution in [3.05, 3.63) is 77.5 Å². The quantitative estimate of drug-likeness (QED) is 0.407. The summed E-state index contributed by atoms with van der Waals surface area (Å²) in [7, 11) is 0. The van der Waals surface area contributed by atoms with Gasteiger partial charge in [-0.15, -0.1) is 11.3 Å². The Balaban J connectivity index is 1.25. The average Bonchev–Trinajstić information content (AvgIpc) is 3.42. The first-order valence-corrected chi connectivity index (χ1v) is 13.1. The van der Waals surface area contributed by atoms with Crippen LogP contribution in [0.15, 0.2) is 60.0 Å². The predicted molar refractivity (Wildman–Crippen MR) is 141 cm³/mol. The van der Waals surface area contributed by atoms with Gasteiger partial charge in [0.25, 0.3) is 5.91 Å². The van der Waals surface area contributed by atoms with Gasteiger partial charge in [0.05, 0.1) is 18.7 Å². The minimum atomic E-state index is -0.962. The lowest BCUT2D eigenvalue weighted by molar-refractivity contribution is -0.133. The molecule has 1 aliphatic carbocycles. The molecule has 1 saturated heterocycles. The van der Waals surface area contributed by atoms with Gasteiger partial charge < -0.3 is 26.0 Å². The molecule has 1 radical (unpaired) electrons. The van der Waals surface area contributed by atoms with E-state index in [2.05, 4.69) is 15.6 Å². The van der Waals surface area contributed by atoms with Crippen molar-refractivity contribution in [3.8, 4) is 11.3 Å². The predicted octanol–water partition coefficient (Wildman–Crippen LogP) is 2.96. The van der Waals surface area contributed by atoms with Crippen molar-refractivity contribution < 1.29 is 23.9 Å². The molecule has 2 fully saturated rings. The second-order valence-corrected chi connectivity index (χ2v) is 10.1. The molecular formula is C27H26N5O5S. The van der Waals surface area contributed by atoms with Crippen LogP contribution in [0.3, 0.4) is 0 Å². The molecule has 5 rings (SSSR count). The second-order valence-electron chi connectivity index (χ2n) is 9.21. The molecule has 1 aliphatic heterocycles. The van der Waals surface area contributed by atoms with Gasteiger partial charge in [0.2, 0.25) is 11.8 Å². The van der Waals surface area contributed by atoms with E-state index >= 15 is 0 Å². The van der Waals surface area contributed by atoms with E-state index in [9.17, 15) is 19.2 Å². The number of benzene rings is 2. The monoisotopic (exact) mass is 532 g/mol. The molecule has 3 aromatic rings. The summed E-state index contributed by atoms with van der Waals surface area (Å²) in [6.45, 7) is 0.0486. The fraction of sp³-hybridized carbons (Fsp3) is 0.259. The molecule has 0 spiro atoms. The first-order valence-electron chi connectivity index (χ1n) is 12.2. The maximum absolute atomic E-state index is 13.2. The molecule has 1 saturated carbocycles. The third-order valence-corrected chi connectivity index (χ3v) is 7.07. The molecule has 4 N–H and O–H groups in total. The standard InChI is InChI=1S/C27H26N5O5S/c28-26(36)37-20-13-22(32(14-20)23(33)12-16-4-2-1-3-5-16)25(35)31-27-30-21(15-38-27)17-6-8-18(9-7-17)24(34)29-19-10-11-19/h1-9,12,15,19-20,22H,10-11,13-14H2,(H2,28,36)(H,29,34)(H,30,31,35)/t20-,22+/m0/s1. The van der Waals surface area contributed by atoms with Gasteiger partial charge in [-0.3, -0.25) is 14.4 Å². The highest BCUT2D eigenvalue weighted by Gasteiger charge is 2.41. The highest BCUT2D eigenvalue weighted by Crippen LogP contribution is 2.28. The Labute approximate surface area is 223 Å². The van der Waals surface area contributed by atoms with Crippen molar-refractivity contribution in [3.63, 3.8) is 0 Å². The summed E-state index contributed by atoms with van der Waals surface area (Å²) in [6.07, 6.45) is 1.94. The van der Waals surface area contributed by atoms with E-state index in [1.807, 2.05) is 30.3 Å². The van der Waals surface area contributed by atoms with Crippen LogP contribution in [0.5, 0.6) is 0 Å². The maximum Gasteiger partial charge on any atom is 0.404 e. The number of amides is 4. The molecule has 0 bridgehead atoms. The van der Waals surface area contributed by atoms with Gasteiger partial charge in [-0.25, -0.2) is 9.78 Å². The van der Waals surface area contributed by atoms with Crippen LogP contribution in [0.2, 0.25) is 0 Å². The van der Waals surface area contributed by atoms with Crippen LogP contribution >= 0.6 is 11.3 Å². The molecule has 4 amide bonds. The number of carbonyl (C=O) groups is 4. The van der Waals surface area contributed by atoms with Crippen molar-refractivity contribution in [2.75, 3.05) is 11.9 Å². The summed E-state index contributed by atoms with van der Waals surface area (Å²) in [5.41, 5.74) is 7.88. The number of carbonyl (C=O) groups excluding carboxylic acids is 4. The molecule has 1 aromatic heterocycles. The number of hydrogen-bond donors (Lipinski definition) is 3. The summed E-state index contributed by atoms with van der Waals surface area (Å²) < 4.78 is 5.09. The third-order valence-electron chi connectivity index (χ3n) is 6.31. The number of likely N-dealkylation sites (tertiary alicyclic amines) is 1. The average molecular weight is 533 g/mol. The van der Waals surface area contributed by atoms with Crippen LogP contribution in [-0.4, -0.2) is 58.4 Å². The molecule has 195 valence electrons. The molecule has 0 unspecified atom stereocenters. The Bertz CT molecular complexity index is 1340. The lowest BCUT2D eigenvalue weighted by Crippen LogP contribution is -2.43. The number of nitrogens with two attached hydrogens (primary N) is 1. The largest absolute Gasteiger partial charge is 0.444 e. The summed E-state index contributed by atoms with van der Waals surface area (Å²) in [5.74, 6) is -0.912. The minimum Gasteiger partial charge on any atom is -0.444 e. The zero-order valence-corrected chi connectivity index (χ0v) is 21.1. The first-order chi connectivity index (χ1) is 18.4. The Morgan fingerprint density at radius 3 is 2.47 bits per heavy atom. The fourth-order valence-corrected chi connectivity index (χ4v) is 4.98. The van der Waals surface area contributed by atoms with E-state index in [1.54, 1.807) is 29.6 Å². The van der Waals surface area contributed by atoms with Crippen LogP contribution in [0.4, 0.5) is 9.93 Å². The summed E-state index contributed by atoms with van der Waals surface area (Å²) >= 11 is 1.24. The molecule has 2 aliphatic rings.